The van der Waals surface area contributed by atoms with Gasteiger partial charge in [0.25, 0.3) is 5.56 Å². The predicted octanol–water partition coefficient (Wildman–Crippen LogP) is 2.46. The van der Waals surface area contributed by atoms with E-state index in [-0.39, 0.29) is 5.56 Å². The number of hydrogen-bond acceptors (Lipinski definition) is 4. The van der Waals surface area contributed by atoms with Crippen LogP contribution in [0.2, 0.25) is 0 Å². The quantitative estimate of drug-likeness (QED) is 0.578. The second kappa shape index (κ2) is 5.17. The lowest BCUT2D eigenvalue weighted by atomic mass is 10.2. The first-order chi connectivity index (χ1) is 11.2. The first-order valence-corrected chi connectivity index (χ1v) is 7.16. The zero-order valence-corrected chi connectivity index (χ0v) is 12.4. The number of aryl methyl sites for hydroxylation is 1. The minimum absolute atomic E-state index is 0.232. The number of benzene rings is 1. The molecule has 3 aromatic heterocycles. The summed E-state index contributed by atoms with van der Waals surface area (Å²) in [6.45, 7) is 2.01. The minimum atomic E-state index is -0.232. The Kier molecular flexibility index (Phi) is 3.01. The van der Waals surface area contributed by atoms with E-state index in [2.05, 4.69) is 20.1 Å². The van der Waals surface area contributed by atoms with Gasteiger partial charge in [-0.15, -0.1) is 0 Å². The molecule has 0 radical (unpaired) electrons. The van der Waals surface area contributed by atoms with Crippen LogP contribution in [0, 0.1) is 6.92 Å². The van der Waals surface area contributed by atoms with Gasteiger partial charge < -0.3 is 4.98 Å². The number of nitrogens with zero attached hydrogens (tertiary/aromatic N) is 4. The van der Waals surface area contributed by atoms with Gasteiger partial charge in [0.1, 0.15) is 17.4 Å². The molecule has 0 aliphatic heterocycles. The van der Waals surface area contributed by atoms with E-state index in [1.807, 2.05) is 37.3 Å². The summed E-state index contributed by atoms with van der Waals surface area (Å²) in [6.07, 6.45) is 6.37. The van der Waals surface area contributed by atoms with Crippen molar-refractivity contribution in [2.24, 2.45) is 5.10 Å². The normalized spacial score (nSPS) is 11.7. The second-order valence-corrected chi connectivity index (χ2v) is 5.32. The summed E-state index contributed by atoms with van der Waals surface area (Å²) in [7, 11) is 0. The van der Waals surface area contributed by atoms with E-state index >= 15 is 0 Å². The van der Waals surface area contributed by atoms with Crippen molar-refractivity contribution in [1.82, 2.24) is 19.6 Å². The van der Waals surface area contributed by atoms with Crippen molar-refractivity contribution < 1.29 is 0 Å². The van der Waals surface area contributed by atoms with E-state index in [0.29, 0.717) is 11.0 Å². The zero-order valence-electron chi connectivity index (χ0n) is 12.4. The van der Waals surface area contributed by atoms with Crippen LogP contribution in [0.15, 0.2) is 58.9 Å². The molecule has 0 unspecified atom stereocenters. The lowest BCUT2D eigenvalue weighted by Gasteiger charge is -1.97. The standard InChI is InChI=1S/C17H13N5O/c1-11-4-5-14-13(7-11)15-16(21-14)17(23)22(10-19-15)20-9-12-3-2-6-18-8-12/h2-10,21H,1H3. The number of aromatic nitrogens is 4. The molecule has 0 fully saturated rings. The molecule has 3 heterocycles. The third-order valence-corrected chi connectivity index (χ3v) is 3.66. The molecule has 1 aromatic carbocycles. The second-order valence-electron chi connectivity index (χ2n) is 5.32. The van der Waals surface area contributed by atoms with Crippen LogP contribution < -0.4 is 5.56 Å². The Bertz CT molecular complexity index is 1090. The molecule has 0 atom stereocenters. The molecule has 0 aliphatic carbocycles. The molecule has 4 rings (SSSR count). The van der Waals surface area contributed by atoms with Gasteiger partial charge in [0.05, 0.1) is 6.21 Å². The van der Waals surface area contributed by atoms with Gasteiger partial charge >= 0.3 is 0 Å². The Morgan fingerprint density at radius 1 is 1.30 bits per heavy atom. The fraction of sp³-hybridized carbons (Fsp3) is 0.0588. The first kappa shape index (κ1) is 13.4. The van der Waals surface area contributed by atoms with Gasteiger partial charge in [-0.2, -0.15) is 9.78 Å². The van der Waals surface area contributed by atoms with E-state index in [0.717, 1.165) is 22.0 Å². The van der Waals surface area contributed by atoms with E-state index in [9.17, 15) is 4.79 Å². The fourth-order valence-electron chi connectivity index (χ4n) is 2.52. The minimum Gasteiger partial charge on any atom is -0.349 e. The van der Waals surface area contributed by atoms with E-state index < -0.39 is 0 Å². The summed E-state index contributed by atoms with van der Waals surface area (Å²) in [6, 6.07) is 9.64. The summed E-state index contributed by atoms with van der Waals surface area (Å²) in [5.74, 6) is 0. The summed E-state index contributed by atoms with van der Waals surface area (Å²) in [5.41, 5.74) is 3.72. The predicted molar refractivity (Wildman–Crippen MR) is 89.8 cm³/mol. The van der Waals surface area contributed by atoms with E-state index in [4.69, 9.17) is 0 Å². The Hall–Kier alpha value is -3.28. The monoisotopic (exact) mass is 303 g/mol. The van der Waals surface area contributed by atoms with Crippen molar-refractivity contribution in [1.29, 1.82) is 0 Å². The highest BCUT2D eigenvalue weighted by atomic mass is 16.1. The largest absolute Gasteiger partial charge is 0.349 e. The van der Waals surface area contributed by atoms with Crippen LogP contribution in [0.25, 0.3) is 21.9 Å². The smallest absolute Gasteiger partial charge is 0.298 e. The highest BCUT2D eigenvalue weighted by Crippen LogP contribution is 2.22. The molecule has 0 saturated carbocycles. The Balaban J connectivity index is 1.87. The number of hydrogen-bond donors (Lipinski definition) is 1. The average molecular weight is 303 g/mol. The summed E-state index contributed by atoms with van der Waals surface area (Å²) in [4.78, 5) is 24.1. The van der Waals surface area contributed by atoms with Gasteiger partial charge in [0.15, 0.2) is 0 Å². The zero-order chi connectivity index (χ0) is 15.8. The van der Waals surface area contributed by atoms with Crippen LogP contribution in [-0.2, 0) is 0 Å². The van der Waals surface area contributed by atoms with Crippen LogP contribution in [0.4, 0.5) is 0 Å². The molecule has 4 aromatic rings. The van der Waals surface area contributed by atoms with Crippen LogP contribution in [0.3, 0.4) is 0 Å². The van der Waals surface area contributed by atoms with Crippen molar-refractivity contribution in [3.63, 3.8) is 0 Å². The number of H-pyrrole nitrogens is 1. The molecule has 6 heteroatoms. The third kappa shape index (κ3) is 2.30. The molecule has 0 spiro atoms. The highest BCUT2D eigenvalue weighted by Gasteiger charge is 2.10. The number of aromatic amines is 1. The van der Waals surface area contributed by atoms with Crippen LogP contribution in [-0.4, -0.2) is 25.8 Å². The highest BCUT2D eigenvalue weighted by molar-refractivity contribution is 6.04. The molecule has 6 nitrogen and oxygen atoms in total. The van der Waals surface area contributed by atoms with Crippen molar-refractivity contribution >= 4 is 28.2 Å². The summed E-state index contributed by atoms with van der Waals surface area (Å²) >= 11 is 0. The van der Waals surface area contributed by atoms with Gasteiger partial charge in [-0.05, 0) is 25.1 Å². The number of nitrogens with one attached hydrogen (secondary N) is 1. The Labute approximate surface area is 131 Å². The van der Waals surface area contributed by atoms with E-state index in [1.54, 1.807) is 18.6 Å². The molecule has 1 N–H and O–H groups in total. The molecule has 0 bridgehead atoms. The van der Waals surface area contributed by atoms with Gasteiger partial charge in [0.2, 0.25) is 0 Å². The maximum atomic E-state index is 12.6. The first-order valence-electron chi connectivity index (χ1n) is 7.16. The third-order valence-electron chi connectivity index (χ3n) is 3.66. The van der Waals surface area contributed by atoms with Crippen molar-refractivity contribution in [3.8, 4) is 0 Å². The van der Waals surface area contributed by atoms with Crippen LogP contribution in [0.1, 0.15) is 11.1 Å². The molecule has 112 valence electrons. The Morgan fingerprint density at radius 3 is 3.04 bits per heavy atom. The van der Waals surface area contributed by atoms with Gasteiger partial charge in [-0.1, -0.05) is 17.7 Å². The lowest BCUT2D eigenvalue weighted by Crippen LogP contribution is -2.17. The van der Waals surface area contributed by atoms with E-state index in [1.165, 1.54) is 11.0 Å². The van der Waals surface area contributed by atoms with Gasteiger partial charge in [-0.25, -0.2) is 4.98 Å². The topological polar surface area (TPSA) is 75.9 Å². The van der Waals surface area contributed by atoms with Gasteiger partial charge in [-0.3, -0.25) is 9.78 Å². The lowest BCUT2D eigenvalue weighted by molar-refractivity contribution is 0.815. The van der Waals surface area contributed by atoms with Crippen molar-refractivity contribution in [2.45, 2.75) is 6.92 Å². The van der Waals surface area contributed by atoms with Gasteiger partial charge in [0, 0.05) is 28.9 Å². The average Bonchev–Trinajstić information content (AvgIpc) is 2.94. The Morgan fingerprint density at radius 2 is 2.22 bits per heavy atom. The number of pyridine rings is 1. The van der Waals surface area contributed by atoms with Crippen molar-refractivity contribution in [2.75, 3.05) is 0 Å². The molecule has 0 aliphatic rings. The maximum absolute atomic E-state index is 12.6. The molecule has 23 heavy (non-hydrogen) atoms. The summed E-state index contributed by atoms with van der Waals surface area (Å²) < 4.78 is 1.22. The maximum Gasteiger partial charge on any atom is 0.298 e. The summed E-state index contributed by atoms with van der Waals surface area (Å²) in [5, 5.41) is 5.12. The van der Waals surface area contributed by atoms with Crippen LogP contribution >= 0.6 is 0 Å². The molecule has 0 amide bonds. The SMILES string of the molecule is Cc1ccc2[nH]c3c(=O)n(N=Cc4cccnc4)cnc3c2c1. The van der Waals surface area contributed by atoms with Crippen LogP contribution in [0.5, 0.6) is 0 Å². The number of fused-ring (bicyclic) bond motifs is 3. The van der Waals surface area contributed by atoms with Crippen molar-refractivity contribution in [3.05, 3.63) is 70.5 Å². The molecular formula is C17H13N5O. The molecule has 0 saturated heterocycles. The fourth-order valence-corrected chi connectivity index (χ4v) is 2.52. The number of rotatable bonds is 2. The molecular weight excluding hydrogens is 290 g/mol.